The molecule has 0 unspecified atom stereocenters. The van der Waals surface area contributed by atoms with Gasteiger partial charge < -0.3 is 9.88 Å². The summed E-state index contributed by atoms with van der Waals surface area (Å²) in [5.41, 5.74) is 4.36. The van der Waals surface area contributed by atoms with Gasteiger partial charge in [0.15, 0.2) is 0 Å². The Morgan fingerprint density at radius 3 is 3.08 bits per heavy atom. The first kappa shape index (κ1) is 15.0. The molecule has 5 heteroatoms. The molecule has 1 aliphatic heterocycles. The molecule has 1 N–H and O–H groups in total. The Balaban J connectivity index is 1.57. The van der Waals surface area contributed by atoms with Crippen LogP contribution in [0.15, 0.2) is 48.8 Å². The van der Waals surface area contributed by atoms with Crippen molar-refractivity contribution in [3.63, 3.8) is 0 Å². The van der Waals surface area contributed by atoms with Crippen molar-refractivity contribution in [2.24, 2.45) is 0 Å². The van der Waals surface area contributed by atoms with Gasteiger partial charge in [0.25, 0.3) is 0 Å². The Hall–Kier alpha value is -2.59. The van der Waals surface area contributed by atoms with Gasteiger partial charge in [-0.05, 0) is 35.9 Å². The maximum absolute atomic E-state index is 12.5. The van der Waals surface area contributed by atoms with Crippen molar-refractivity contribution in [3.05, 3.63) is 70.6 Å². The van der Waals surface area contributed by atoms with E-state index in [4.69, 9.17) is 11.6 Å². The summed E-state index contributed by atoms with van der Waals surface area (Å²) in [6.45, 7) is 1.32. The first-order valence-electron chi connectivity index (χ1n) is 7.87. The molecule has 0 fully saturated rings. The molecule has 4 rings (SSSR count). The first-order chi connectivity index (χ1) is 11.7. The average molecular weight is 338 g/mol. The van der Waals surface area contributed by atoms with Crippen molar-refractivity contribution < 1.29 is 4.79 Å². The van der Waals surface area contributed by atoms with E-state index in [1.165, 1.54) is 11.3 Å². The highest BCUT2D eigenvalue weighted by Gasteiger charge is 2.22. The molecular formula is C19H16ClN3O. The van der Waals surface area contributed by atoms with E-state index >= 15 is 0 Å². The van der Waals surface area contributed by atoms with Crippen LogP contribution in [-0.4, -0.2) is 27.3 Å². The summed E-state index contributed by atoms with van der Waals surface area (Å²) < 4.78 is 0. The van der Waals surface area contributed by atoms with Gasteiger partial charge in [-0.25, -0.2) is 0 Å². The van der Waals surface area contributed by atoms with Crippen molar-refractivity contribution in [1.82, 2.24) is 14.9 Å². The Bertz CT molecular complexity index is 930. The molecular weight excluding hydrogens is 322 g/mol. The van der Waals surface area contributed by atoms with Crippen LogP contribution in [0.1, 0.15) is 16.8 Å². The van der Waals surface area contributed by atoms with Crippen molar-refractivity contribution in [3.8, 4) is 0 Å². The van der Waals surface area contributed by atoms with Crippen LogP contribution in [-0.2, 0) is 17.8 Å². The number of hydrogen-bond acceptors (Lipinski definition) is 2. The number of benzene rings is 1. The molecule has 0 atom stereocenters. The number of fused-ring (bicyclic) bond motifs is 3. The van der Waals surface area contributed by atoms with Gasteiger partial charge in [0.2, 0.25) is 5.91 Å². The highest BCUT2D eigenvalue weighted by molar-refractivity contribution is 6.31. The van der Waals surface area contributed by atoms with E-state index < -0.39 is 0 Å². The Kier molecular flexibility index (Phi) is 3.82. The van der Waals surface area contributed by atoms with Gasteiger partial charge in [-0.15, -0.1) is 0 Å². The number of hydrogen-bond donors (Lipinski definition) is 1. The van der Waals surface area contributed by atoms with E-state index in [1.54, 1.807) is 24.5 Å². The quantitative estimate of drug-likeness (QED) is 0.723. The molecule has 120 valence electrons. The highest BCUT2D eigenvalue weighted by Crippen LogP contribution is 2.29. The third kappa shape index (κ3) is 2.81. The summed E-state index contributed by atoms with van der Waals surface area (Å²) in [4.78, 5) is 21.8. The number of amides is 1. The Labute approximate surface area is 144 Å². The number of aromatic nitrogens is 2. The van der Waals surface area contributed by atoms with Gasteiger partial charge >= 0.3 is 0 Å². The fourth-order valence-corrected chi connectivity index (χ4v) is 3.29. The van der Waals surface area contributed by atoms with Crippen LogP contribution in [0.3, 0.4) is 0 Å². The fraction of sp³-hybridized carbons (Fsp3) is 0.158. The number of rotatable bonds is 2. The fourth-order valence-electron chi connectivity index (χ4n) is 3.12. The van der Waals surface area contributed by atoms with Gasteiger partial charge in [0, 0.05) is 65.2 Å². The van der Waals surface area contributed by atoms with Gasteiger partial charge in [-0.2, -0.15) is 0 Å². The van der Waals surface area contributed by atoms with Crippen molar-refractivity contribution in [2.75, 3.05) is 6.54 Å². The van der Waals surface area contributed by atoms with Crippen molar-refractivity contribution >= 4 is 34.5 Å². The predicted octanol–water partition coefficient (Wildman–Crippen LogP) is 3.81. The summed E-state index contributed by atoms with van der Waals surface area (Å²) in [5, 5.41) is 1.82. The normalized spacial score (nSPS) is 14.3. The Morgan fingerprint density at radius 1 is 1.33 bits per heavy atom. The third-order valence-corrected chi connectivity index (χ3v) is 4.59. The lowest BCUT2D eigenvalue weighted by Crippen LogP contribution is -2.34. The van der Waals surface area contributed by atoms with Gasteiger partial charge in [0.05, 0.1) is 0 Å². The first-order valence-corrected chi connectivity index (χ1v) is 8.24. The van der Waals surface area contributed by atoms with Crippen LogP contribution in [0.25, 0.3) is 17.0 Å². The monoisotopic (exact) mass is 337 g/mol. The zero-order valence-electron chi connectivity index (χ0n) is 13.0. The van der Waals surface area contributed by atoms with Crippen molar-refractivity contribution in [1.29, 1.82) is 0 Å². The maximum atomic E-state index is 12.5. The van der Waals surface area contributed by atoms with Gasteiger partial charge in [0.1, 0.15) is 0 Å². The van der Waals surface area contributed by atoms with E-state index in [0.717, 1.165) is 22.9 Å². The van der Waals surface area contributed by atoms with E-state index in [9.17, 15) is 4.79 Å². The van der Waals surface area contributed by atoms with Crippen LogP contribution >= 0.6 is 11.6 Å². The Morgan fingerprint density at radius 2 is 2.25 bits per heavy atom. The number of pyridine rings is 1. The molecule has 3 heterocycles. The second-order valence-electron chi connectivity index (χ2n) is 5.90. The number of carbonyl (C=O) groups is 1. The molecule has 3 aromatic rings. The average Bonchev–Trinajstić information content (AvgIpc) is 2.97. The minimum Gasteiger partial charge on any atom is -0.358 e. The van der Waals surface area contributed by atoms with E-state index in [0.29, 0.717) is 18.1 Å². The number of nitrogens with one attached hydrogen (secondary N) is 1. The SMILES string of the molecule is O=C(C=Cc1cccnc1)N1CCc2[nH]c3ccc(Cl)cc3c2C1. The molecule has 1 aliphatic rings. The smallest absolute Gasteiger partial charge is 0.246 e. The summed E-state index contributed by atoms with van der Waals surface area (Å²) in [5.74, 6) is 0.0147. The standard InChI is InChI=1S/C19H16ClN3O/c20-14-4-5-17-15(10-14)16-12-23(9-7-18(16)22-17)19(24)6-3-13-2-1-8-21-11-13/h1-6,8,10-11,22H,7,9,12H2. The maximum Gasteiger partial charge on any atom is 0.246 e. The zero-order valence-corrected chi connectivity index (χ0v) is 13.8. The second-order valence-corrected chi connectivity index (χ2v) is 6.34. The molecule has 4 nitrogen and oxygen atoms in total. The molecule has 0 spiro atoms. The molecule has 24 heavy (non-hydrogen) atoms. The third-order valence-electron chi connectivity index (χ3n) is 4.35. The van der Waals surface area contributed by atoms with Gasteiger partial charge in [-0.3, -0.25) is 9.78 Å². The largest absolute Gasteiger partial charge is 0.358 e. The molecule has 0 radical (unpaired) electrons. The topological polar surface area (TPSA) is 49.0 Å². The zero-order chi connectivity index (χ0) is 16.5. The van der Waals surface area contributed by atoms with E-state index in [-0.39, 0.29) is 5.91 Å². The molecule has 2 aromatic heterocycles. The van der Waals surface area contributed by atoms with Crippen LogP contribution in [0.4, 0.5) is 0 Å². The minimum absolute atomic E-state index is 0.0147. The molecule has 0 bridgehead atoms. The van der Waals surface area contributed by atoms with Crippen LogP contribution in [0.2, 0.25) is 5.02 Å². The van der Waals surface area contributed by atoms with E-state index in [2.05, 4.69) is 9.97 Å². The number of aromatic amines is 1. The summed E-state index contributed by atoms with van der Waals surface area (Å²) >= 11 is 6.12. The molecule has 1 amide bonds. The summed E-state index contributed by atoms with van der Waals surface area (Å²) in [6, 6.07) is 9.61. The number of carbonyl (C=O) groups excluding carboxylic acids is 1. The second kappa shape index (κ2) is 6.13. The van der Waals surface area contributed by atoms with Crippen molar-refractivity contribution in [2.45, 2.75) is 13.0 Å². The van der Waals surface area contributed by atoms with Crippen LogP contribution < -0.4 is 0 Å². The molecule has 1 aromatic carbocycles. The lowest BCUT2D eigenvalue weighted by molar-refractivity contribution is -0.126. The molecule has 0 aliphatic carbocycles. The van der Waals surface area contributed by atoms with E-state index in [1.807, 2.05) is 35.2 Å². The summed E-state index contributed by atoms with van der Waals surface area (Å²) in [7, 11) is 0. The number of halogens is 1. The predicted molar refractivity (Wildman–Crippen MR) is 95.7 cm³/mol. The summed E-state index contributed by atoms with van der Waals surface area (Å²) in [6.07, 6.45) is 7.70. The highest BCUT2D eigenvalue weighted by atomic mass is 35.5. The van der Waals surface area contributed by atoms with Gasteiger partial charge in [-0.1, -0.05) is 17.7 Å². The number of H-pyrrole nitrogens is 1. The molecule has 0 saturated heterocycles. The lowest BCUT2D eigenvalue weighted by Gasteiger charge is -2.26. The number of nitrogens with zero attached hydrogens (tertiary/aromatic N) is 2. The molecule has 0 saturated carbocycles. The van der Waals surface area contributed by atoms with Crippen LogP contribution in [0, 0.1) is 0 Å². The lowest BCUT2D eigenvalue weighted by atomic mass is 10.0. The minimum atomic E-state index is 0.0147. The van der Waals surface area contributed by atoms with Crippen LogP contribution in [0.5, 0.6) is 0 Å².